The first-order valence-corrected chi connectivity index (χ1v) is 5.14. The van der Waals surface area contributed by atoms with Crippen molar-refractivity contribution in [2.75, 3.05) is 6.61 Å². The first kappa shape index (κ1) is 14.5. The van der Waals surface area contributed by atoms with Crippen LogP contribution in [0.25, 0.3) is 0 Å². The molecule has 9 heteroatoms. The first-order valence-electron chi connectivity index (χ1n) is 3.93. The average Bonchev–Trinajstić information content (AvgIpc) is 2.23. The summed E-state index contributed by atoms with van der Waals surface area (Å²) in [4.78, 5) is 19.2. The number of aliphatic hydroxyl groups excluding tert-OH is 4. The number of hydrogen-bond donors (Lipinski definition) is 6. The lowest BCUT2D eigenvalue weighted by atomic mass is 10.0. The van der Waals surface area contributed by atoms with Crippen LogP contribution in [-0.2, 0) is 9.36 Å². The van der Waals surface area contributed by atoms with E-state index < -0.39 is 44.5 Å². The van der Waals surface area contributed by atoms with Crippen LogP contribution >= 0.6 is 8.03 Å². The smallest absolute Gasteiger partial charge is 0.394 e. The van der Waals surface area contributed by atoms with Crippen molar-refractivity contribution in [1.82, 2.24) is 0 Å². The highest BCUT2D eigenvalue weighted by Crippen LogP contribution is 2.19. The second-order valence-corrected chi connectivity index (χ2v) is 3.85. The van der Waals surface area contributed by atoms with Crippen molar-refractivity contribution < 1.29 is 34.7 Å². The van der Waals surface area contributed by atoms with Crippen molar-refractivity contribution >= 4 is 13.6 Å². The predicted molar refractivity (Wildman–Crippen MR) is 47.9 cm³/mol. The first-order chi connectivity index (χ1) is 6.82. The molecule has 8 nitrogen and oxygen atoms in total. The standard InChI is InChI=1S/C6H12NO7P/c7-3(6(12)15(13)14)5(11)4(10)2(9)1-8/h2-5,8-11H,1,7H2/p+1/t2-,3-,4-,5-/m1/s1. The van der Waals surface area contributed by atoms with Gasteiger partial charge in [-0.2, -0.15) is 4.89 Å². The van der Waals surface area contributed by atoms with Gasteiger partial charge in [-0.1, -0.05) is 0 Å². The van der Waals surface area contributed by atoms with Crippen LogP contribution in [0.3, 0.4) is 0 Å². The van der Waals surface area contributed by atoms with Crippen LogP contribution in [-0.4, -0.2) is 61.8 Å². The minimum absolute atomic E-state index is 0.843. The highest BCUT2D eigenvalue weighted by Gasteiger charge is 2.42. The zero-order valence-corrected chi connectivity index (χ0v) is 8.49. The van der Waals surface area contributed by atoms with Gasteiger partial charge in [-0.3, -0.25) is 0 Å². The molecule has 0 saturated carbocycles. The van der Waals surface area contributed by atoms with E-state index in [1.54, 1.807) is 0 Å². The van der Waals surface area contributed by atoms with Gasteiger partial charge in [0, 0.05) is 0 Å². The van der Waals surface area contributed by atoms with Crippen molar-refractivity contribution in [2.45, 2.75) is 24.4 Å². The van der Waals surface area contributed by atoms with Gasteiger partial charge in [-0.15, -0.1) is 0 Å². The van der Waals surface area contributed by atoms with Crippen molar-refractivity contribution in [3.8, 4) is 0 Å². The van der Waals surface area contributed by atoms with Crippen LogP contribution < -0.4 is 5.73 Å². The molecule has 0 saturated heterocycles. The van der Waals surface area contributed by atoms with Crippen LogP contribution in [0.4, 0.5) is 0 Å². The lowest BCUT2D eigenvalue weighted by Gasteiger charge is -2.22. The molecule has 0 rings (SSSR count). The lowest BCUT2D eigenvalue weighted by molar-refractivity contribution is -0.122. The van der Waals surface area contributed by atoms with E-state index in [2.05, 4.69) is 0 Å². The van der Waals surface area contributed by atoms with Gasteiger partial charge in [0.15, 0.2) is 0 Å². The summed E-state index contributed by atoms with van der Waals surface area (Å²) in [6.45, 7) is -0.843. The van der Waals surface area contributed by atoms with Crippen LogP contribution in [0.1, 0.15) is 0 Å². The molecule has 5 atom stereocenters. The Labute approximate surface area is 85.8 Å². The van der Waals surface area contributed by atoms with E-state index in [0.29, 0.717) is 0 Å². The molecule has 0 bridgehead atoms. The molecule has 0 spiro atoms. The number of rotatable bonds is 6. The summed E-state index contributed by atoms with van der Waals surface area (Å²) in [5.74, 6) is 0. The van der Waals surface area contributed by atoms with Crippen molar-refractivity contribution in [1.29, 1.82) is 0 Å². The van der Waals surface area contributed by atoms with Crippen molar-refractivity contribution in [3.05, 3.63) is 0 Å². The number of nitrogens with two attached hydrogens (primary N) is 1. The molecular weight excluding hydrogens is 229 g/mol. The molecule has 0 aromatic carbocycles. The largest absolute Gasteiger partial charge is 0.586 e. The third kappa shape index (κ3) is 3.88. The second-order valence-electron chi connectivity index (χ2n) is 2.87. The third-order valence-electron chi connectivity index (χ3n) is 1.77. The topological polar surface area (TPSA) is 161 Å². The summed E-state index contributed by atoms with van der Waals surface area (Å²) >= 11 is 0. The SMILES string of the molecule is N[C@@H](C(=O)[P+](=O)O)[C@@H](O)[C@H](O)[C@H](O)CO. The molecule has 0 heterocycles. The Bertz CT molecular complexity index is 248. The number of carbonyl (C=O) groups is 1. The Balaban J connectivity index is 4.50. The van der Waals surface area contributed by atoms with Gasteiger partial charge < -0.3 is 26.2 Å². The predicted octanol–water partition coefficient (Wildman–Crippen LogP) is -3.35. The van der Waals surface area contributed by atoms with Crippen LogP contribution in [0, 0.1) is 0 Å². The Morgan fingerprint density at radius 3 is 2.07 bits per heavy atom. The number of carbonyl (C=O) groups excluding carboxylic acids is 1. The zero-order valence-electron chi connectivity index (χ0n) is 7.59. The summed E-state index contributed by atoms with van der Waals surface area (Å²) in [6.07, 6.45) is -5.48. The molecule has 0 aliphatic heterocycles. The Morgan fingerprint density at radius 1 is 1.27 bits per heavy atom. The van der Waals surface area contributed by atoms with Gasteiger partial charge in [0.05, 0.1) is 6.61 Å². The third-order valence-corrected chi connectivity index (χ3v) is 2.45. The summed E-state index contributed by atoms with van der Waals surface area (Å²) in [7, 11) is -3.21. The normalized spacial score (nSPS) is 20.3. The maximum absolute atomic E-state index is 10.8. The van der Waals surface area contributed by atoms with Gasteiger partial charge in [0.25, 0.3) is 0 Å². The molecule has 7 N–H and O–H groups in total. The van der Waals surface area contributed by atoms with Gasteiger partial charge >= 0.3 is 13.6 Å². The fraction of sp³-hybridized carbons (Fsp3) is 0.833. The summed E-state index contributed by atoms with van der Waals surface area (Å²) in [5, 5.41) is 35.7. The lowest BCUT2D eigenvalue weighted by Crippen LogP contribution is -2.52. The molecule has 0 amide bonds. The maximum atomic E-state index is 10.8. The van der Waals surface area contributed by atoms with Crippen molar-refractivity contribution in [3.63, 3.8) is 0 Å². The summed E-state index contributed by atoms with van der Waals surface area (Å²) in [5.41, 5.74) is 3.71. The van der Waals surface area contributed by atoms with Crippen molar-refractivity contribution in [2.24, 2.45) is 5.73 Å². The monoisotopic (exact) mass is 242 g/mol. The molecule has 15 heavy (non-hydrogen) atoms. The summed E-state index contributed by atoms with van der Waals surface area (Å²) in [6, 6.07) is -1.80. The van der Waals surface area contributed by atoms with E-state index in [4.69, 9.17) is 25.9 Å². The minimum atomic E-state index is -3.21. The average molecular weight is 242 g/mol. The maximum Gasteiger partial charge on any atom is 0.586 e. The zero-order chi connectivity index (χ0) is 12.2. The molecule has 0 aliphatic rings. The van der Waals surface area contributed by atoms with E-state index in [1.165, 1.54) is 0 Å². The molecule has 0 radical (unpaired) electrons. The Kier molecular flexibility index (Phi) is 5.99. The Hall–Kier alpha value is -0.470. The quantitative estimate of drug-likeness (QED) is 0.263. The van der Waals surface area contributed by atoms with E-state index >= 15 is 0 Å². The van der Waals surface area contributed by atoms with E-state index in [9.17, 15) is 14.5 Å². The summed E-state index contributed by atoms with van der Waals surface area (Å²) < 4.78 is 10.3. The number of aliphatic hydroxyl groups is 4. The number of hydrogen-bond acceptors (Lipinski definition) is 7. The van der Waals surface area contributed by atoms with Gasteiger partial charge in [0.2, 0.25) is 0 Å². The fourth-order valence-corrected chi connectivity index (χ4v) is 1.23. The highest BCUT2D eigenvalue weighted by molar-refractivity contribution is 7.58. The van der Waals surface area contributed by atoms with Gasteiger partial charge in [0.1, 0.15) is 24.4 Å². The fourth-order valence-electron chi connectivity index (χ4n) is 0.822. The van der Waals surface area contributed by atoms with Crippen LogP contribution in [0.2, 0.25) is 0 Å². The van der Waals surface area contributed by atoms with Gasteiger partial charge in [-0.25, -0.2) is 4.79 Å². The second kappa shape index (κ2) is 6.19. The van der Waals surface area contributed by atoms with E-state index in [-0.39, 0.29) is 0 Å². The van der Waals surface area contributed by atoms with E-state index in [1.807, 2.05) is 0 Å². The molecule has 0 fully saturated rings. The van der Waals surface area contributed by atoms with Gasteiger partial charge in [-0.05, 0) is 4.57 Å². The molecular formula is C6H13NO7P+. The van der Waals surface area contributed by atoms with Crippen LogP contribution in [0.15, 0.2) is 0 Å². The minimum Gasteiger partial charge on any atom is -0.394 e. The molecule has 0 aromatic heterocycles. The molecule has 0 aliphatic carbocycles. The molecule has 1 unspecified atom stereocenters. The van der Waals surface area contributed by atoms with E-state index in [0.717, 1.165) is 0 Å². The highest BCUT2D eigenvalue weighted by atomic mass is 31.1. The molecule has 88 valence electrons. The molecule has 0 aromatic rings. The Morgan fingerprint density at radius 2 is 1.73 bits per heavy atom. The van der Waals surface area contributed by atoms with Crippen LogP contribution in [0.5, 0.6) is 0 Å².